The van der Waals surface area contributed by atoms with Crippen molar-refractivity contribution in [3.63, 3.8) is 0 Å². The third-order valence-corrected chi connectivity index (χ3v) is 4.10. The van der Waals surface area contributed by atoms with Crippen LogP contribution in [0, 0.1) is 21.4 Å². The van der Waals surface area contributed by atoms with Crippen molar-refractivity contribution in [2.45, 2.75) is 6.54 Å². The third-order valence-electron chi connectivity index (χ3n) is 2.40. The molecule has 0 bridgehead atoms. The summed E-state index contributed by atoms with van der Waals surface area (Å²) < 4.78 is 1.01. The lowest BCUT2D eigenvalue weighted by Crippen LogP contribution is -1.99. The van der Waals surface area contributed by atoms with E-state index in [1.807, 2.05) is 17.5 Å². The summed E-state index contributed by atoms with van der Waals surface area (Å²) in [5.41, 5.74) is 0.504. The molecule has 0 spiro atoms. The number of hydrogen-bond donors (Lipinski definition) is 1. The minimum absolute atomic E-state index is 0.0643. The Kier molecular flexibility index (Phi) is 4.14. The van der Waals surface area contributed by atoms with E-state index < -0.39 is 4.92 Å². The highest BCUT2D eigenvalue weighted by atomic mass is 79.9. The molecule has 2 rings (SSSR count). The summed E-state index contributed by atoms with van der Waals surface area (Å²) >= 11 is 4.96. The van der Waals surface area contributed by atoms with Gasteiger partial charge in [-0.25, -0.2) is 0 Å². The Morgan fingerprint density at radius 1 is 1.47 bits per heavy atom. The molecule has 5 nitrogen and oxygen atoms in total. The molecule has 1 N–H and O–H groups in total. The minimum Gasteiger partial charge on any atom is -0.380 e. The predicted molar refractivity (Wildman–Crippen MR) is 77.2 cm³/mol. The first-order chi connectivity index (χ1) is 9.10. The Hall–Kier alpha value is -1.91. The van der Waals surface area contributed by atoms with Gasteiger partial charge in [0.1, 0.15) is 11.6 Å². The molecule has 0 aliphatic rings. The van der Waals surface area contributed by atoms with Gasteiger partial charge in [0.15, 0.2) is 0 Å². The number of nitro benzene ring substituents is 1. The van der Waals surface area contributed by atoms with Gasteiger partial charge in [-0.15, -0.1) is 11.3 Å². The number of rotatable bonds is 4. The van der Waals surface area contributed by atoms with E-state index in [2.05, 4.69) is 21.2 Å². The molecule has 1 aromatic heterocycles. The van der Waals surface area contributed by atoms with Gasteiger partial charge in [0.2, 0.25) is 0 Å². The van der Waals surface area contributed by atoms with E-state index in [0.717, 1.165) is 9.35 Å². The van der Waals surface area contributed by atoms with Crippen LogP contribution in [0.2, 0.25) is 0 Å². The molecule has 0 atom stereocenters. The molecule has 0 saturated carbocycles. The van der Waals surface area contributed by atoms with Gasteiger partial charge in [-0.05, 0) is 34.1 Å². The van der Waals surface area contributed by atoms with Crippen molar-refractivity contribution >= 4 is 38.6 Å². The van der Waals surface area contributed by atoms with Crippen LogP contribution in [0.3, 0.4) is 0 Å². The molecule has 0 radical (unpaired) electrons. The lowest BCUT2D eigenvalue weighted by Gasteiger charge is -2.05. The van der Waals surface area contributed by atoms with Crippen LogP contribution >= 0.6 is 27.3 Å². The summed E-state index contributed by atoms with van der Waals surface area (Å²) in [6, 6.07) is 8.28. The summed E-state index contributed by atoms with van der Waals surface area (Å²) in [4.78, 5) is 11.4. The first-order valence-electron chi connectivity index (χ1n) is 5.25. The topological polar surface area (TPSA) is 79.0 Å². The minimum atomic E-state index is -0.550. The summed E-state index contributed by atoms with van der Waals surface area (Å²) in [6.07, 6.45) is 0. The zero-order chi connectivity index (χ0) is 13.8. The van der Waals surface area contributed by atoms with Crippen molar-refractivity contribution in [2.75, 3.05) is 5.32 Å². The number of hydrogen-bond acceptors (Lipinski definition) is 5. The monoisotopic (exact) mass is 337 g/mol. The summed E-state index contributed by atoms with van der Waals surface area (Å²) in [6.45, 7) is 0.583. The predicted octanol–water partition coefficient (Wildman–Crippen LogP) is 3.90. The fourth-order valence-corrected chi connectivity index (χ4v) is 2.91. The molecular formula is C12H8BrN3O2S. The van der Waals surface area contributed by atoms with Crippen LogP contribution in [0.15, 0.2) is 34.1 Å². The van der Waals surface area contributed by atoms with Gasteiger partial charge in [-0.2, -0.15) is 5.26 Å². The fraction of sp³-hybridized carbons (Fsp3) is 0.0833. The zero-order valence-electron chi connectivity index (χ0n) is 9.59. The molecule has 96 valence electrons. The molecule has 0 aliphatic heterocycles. The first kappa shape index (κ1) is 13.5. The van der Waals surface area contributed by atoms with Gasteiger partial charge in [0.25, 0.3) is 5.69 Å². The molecule has 0 amide bonds. The number of thiophene rings is 1. The highest BCUT2D eigenvalue weighted by Gasteiger charge is 2.14. The standard InChI is InChI=1S/C12H8BrN3O2S/c13-9-3-11(19-7-9)6-15-10-2-1-8(5-14)12(4-10)16(17)18/h1-4,7,15H,6H2. The third kappa shape index (κ3) is 3.30. The Bertz CT molecular complexity index is 663. The van der Waals surface area contributed by atoms with Gasteiger partial charge in [-0.1, -0.05) is 0 Å². The Morgan fingerprint density at radius 2 is 2.26 bits per heavy atom. The lowest BCUT2D eigenvalue weighted by atomic mass is 10.2. The normalized spacial score (nSPS) is 9.89. The van der Waals surface area contributed by atoms with Crippen molar-refractivity contribution in [3.05, 3.63) is 54.7 Å². The molecule has 1 heterocycles. The summed E-state index contributed by atoms with van der Waals surface area (Å²) in [5.74, 6) is 0. The summed E-state index contributed by atoms with van der Waals surface area (Å²) in [5, 5.41) is 24.7. The van der Waals surface area contributed by atoms with Crippen molar-refractivity contribution in [1.29, 1.82) is 5.26 Å². The number of nitrogens with one attached hydrogen (secondary N) is 1. The van der Waals surface area contributed by atoms with Crippen LogP contribution in [0.4, 0.5) is 11.4 Å². The molecule has 0 saturated heterocycles. The van der Waals surface area contributed by atoms with Crippen molar-refractivity contribution in [1.82, 2.24) is 0 Å². The number of anilines is 1. The number of nitriles is 1. The lowest BCUT2D eigenvalue weighted by molar-refractivity contribution is -0.385. The average Bonchev–Trinajstić information content (AvgIpc) is 2.81. The van der Waals surface area contributed by atoms with Crippen molar-refractivity contribution in [3.8, 4) is 6.07 Å². The smallest absolute Gasteiger partial charge is 0.289 e. The van der Waals surface area contributed by atoms with Crippen molar-refractivity contribution in [2.24, 2.45) is 0 Å². The molecule has 19 heavy (non-hydrogen) atoms. The highest BCUT2D eigenvalue weighted by Crippen LogP contribution is 2.24. The second-order valence-electron chi connectivity index (χ2n) is 3.69. The van der Waals surface area contributed by atoms with Crippen LogP contribution in [-0.2, 0) is 6.54 Å². The van der Waals surface area contributed by atoms with Crippen LogP contribution in [-0.4, -0.2) is 4.92 Å². The maximum atomic E-state index is 10.8. The van der Waals surface area contributed by atoms with E-state index >= 15 is 0 Å². The van der Waals surface area contributed by atoms with Crippen LogP contribution in [0.25, 0.3) is 0 Å². The first-order valence-corrected chi connectivity index (χ1v) is 6.92. The molecule has 1 aromatic carbocycles. The number of nitro groups is 1. The van der Waals surface area contributed by atoms with Crippen LogP contribution < -0.4 is 5.32 Å². The molecule has 0 aliphatic carbocycles. The highest BCUT2D eigenvalue weighted by molar-refractivity contribution is 9.10. The second kappa shape index (κ2) is 5.82. The number of halogens is 1. The van der Waals surface area contributed by atoms with Crippen LogP contribution in [0.5, 0.6) is 0 Å². The fourth-order valence-electron chi connectivity index (χ4n) is 1.52. The van der Waals surface area contributed by atoms with Crippen molar-refractivity contribution < 1.29 is 4.92 Å². The SMILES string of the molecule is N#Cc1ccc(NCc2cc(Br)cs2)cc1[N+](=O)[O-]. The zero-order valence-corrected chi connectivity index (χ0v) is 12.0. The Balaban J connectivity index is 2.15. The van der Waals surface area contributed by atoms with E-state index in [-0.39, 0.29) is 11.3 Å². The number of benzene rings is 1. The second-order valence-corrected chi connectivity index (χ2v) is 5.60. The molecule has 0 unspecified atom stereocenters. The molecular weight excluding hydrogens is 330 g/mol. The number of nitrogens with zero attached hydrogens (tertiary/aromatic N) is 2. The van der Waals surface area contributed by atoms with E-state index in [1.165, 1.54) is 12.1 Å². The van der Waals surface area contributed by atoms with Gasteiger partial charge in [-0.3, -0.25) is 10.1 Å². The maximum Gasteiger partial charge on any atom is 0.289 e. The molecule has 7 heteroatoms. The molecule has 2 aromatic rings. The quantitative estimate of drug-likeness (QED) is 0.677. The van der Waals surface area contributed by atoms with Crippen LogP contribution in [0.1, 0.15) is 10.4 Å². The largest absolute Gasteiger partial charge is 0.380 e. The Morgan fingerprint density at radius 3 is 2.84 bits per heavy atom. The van der Waals surface area contributed by atoms with Gasteiger partial charge in [0.05, 0.1) is 4.92 Å². The van der Waals surface area contributed by atoms with E-state index in [9.17, 15) is 10.1 Å². The average molecular weight is 338 g/mol. The van der Waals surface area contributed by atoms with Gasteiger partial charge in [0, 0.05) is 33.0 Å². The Labute approximate surface area is 121 Å². The molecule has 0 fully saturated rings. The van der Waals surface area contributed by atoms with Gasteiger partial charge < -0.3 is 5.32 Å². The summed E-state index contributed by atoms with van der Waals surface area (Å²) in [7, 11) is 0. The maximum absolute atomic E-state index is 10.8. The van der Waals surface area contributed by atoms with E-state index in [0.29, 0.717) is 12.2 Å². The van der Waals surface area contributed by atoms with Gasteiger partial charge >= 0.3 is 0 Å². The van der Waals surface area contributed by atoms with E-state index in [4.69, 9.17) is 5.26 Å². The van der Waals surface area contributed by atoms with E-state index in [1.54, 1.807) is 17.4 Å².